The fourth-order valence-corrected chi connectivity index (χ4v) is 1.74. The summed E-state index contributed by atoms with van der Waals surface area (Å²) in [5.41, 5.74) is 0.381. The van der Waals surface area contributed by atoms with Crippen LogP contribution in [-0.4, -0.2) is 9.97 Å². The molecule has 0 unspecified atom stereocenters. The first-order chi connectivity index (χ1) is 7.38. The van der Waals surface area contributed by atoms with Crippen molar-refractivity contribution < 1.29 is 4.42 Å². The second kappa shape index (κ2) is 4.62. The predicted molar refractivity (Wildman–Crippen MR) is 55.0 cm³/mol. The average molecular weight is 217 g/mol. The zero-order chi connectivity index (χ0) is 10.5. The zero-order valence-electron chi connectivity index (χ0n) is 7.75. The summed E-state index contributed by atoms with van der Waals surface area (Å²) in [6, 6.07) is 7.28. The van der Waals surface area contributed by atoms with E-state index in [0.29, 0.717) is 16.6 Å². The van der Waals surface area contributed by atoms with E-state index in [4.69, 9.17) is 9.68 Å². The minimum absolute atomic E-state index is 0.381. The smallest absolute Gasteiger partial charge is 0.189 e. The predicted octanol–water partition coefficient (Wildman–Crippen LogP) is 2.23. The van der Waals surface area contributed by atoms with E-state index in [0.717, 1.165) is 5.76 Å². The average Bonchev–Trinajstić information content (AvgIpc) is 2.79. The van der Waals surface area contributed by atoms with Crippen LogP contribution in [0.2, 0.25) is 0 Å². The van der Waals surface area contributed by atoms with Gasteiger partial charge in [0.05, 0.1) is 12.0 Å². The number of furan rings is 1. The Morgan fingerprint density at radius 3 is 3.13 bits per heavy atom. The topological polar surface area (TPSA) is 62.7 Å². The Morgan fingerprint density at radius 2 is 2.40 bits per heavy atom. The van der Waals surface area contributed by atoms with Gasteiger partial charge in [0.1, 0.15) is 17.5 Å². The van der Waals surface area contributed by atoms with Crippen molar-refractivity contribution in [2.45, 2.75) is 10.9 Å². The van der Waals surface area contributed by atoms with E-state index < -0.39 is 0 Å². The van der Waals surface area contributed by atoms with Crippen LogP contribution in [-0.2, 0) is 5.75 Å². The molecule has 0 spiro atoms. The summed E-state index contributed by atoms with van der Waals surface area (Å²) in [4.78, 5) is 8.09. The third-order valence-corrected chi connectivity index (χ3v) is 2.56. The van der Waals surface area contributed by atoms with Crippen LogP contribution < -0.4 is 0 Å². The van der Waals surface area contributed by atoms with Gasteiger partial charge in [-0.1, -0.05) is 11.8 Å². The number of thioether (sulfide) groups is 1. The van der Waals surface area contributed by atoms with Crippen LogP contribution in [0.4, 0.5) is 0 Å². The van der Waals surface area contributed by atoms with Crippen molar-refractivity contribution in [3.8, 4) is 6.07 Å². The van der Waals surface area contributed by atoms with Gasteiger partial charge in [0, 0.05) is 6.20 Å². The number of nitriles is 1. The molecule has 0 atom stereocenters. The lowest BCUT2D eigenvalue weighted by molar-refractivity contribution is 0.530. The highest BCUT2D eigenvalue weighted by Crippen LogP contribution is 2.18. The van der Waals surface area contributed by atoms with E-state index in [1.165, 1.54) is 11.8 Å². The first-order valence-corrected chi connectivity index (χ1v) is 5.25. The molecule has 0 amide bonds. The number of nitrogens with zero attached hydrogens (tertiary/aromatic N) is 3. The van der Waals surface area contributed by atoms with Crippen molar-refractivity contribution in [2.75, 3.05) is 0 Å². The van der Waals surface area contributed by atoms with Gasteiger partial charge in [-0.2, -0.15) is 5.26 Å². The van der Waals surface area contributed by atoms with Crippen LogP contribution >= 0.6 is 11.8 Å². The van der Waals surface area contributed by atoms with Gasteiger partial charge in [-0.25, -0.2) is 9.97 Å². The molecular formula is C10H7N3OS. The lowest BCUT2D eigenvalue weighted by atomic mass is 10.5. The Kier molecular flexibility index (Phi) is 3.00. The molecule has 0 N–H and O–H groups in total. The van der Waals surface area contributed by atoms with E-state index in [-0.39, 0.29) is 0 Å². The van der Waals surface area contributed by atoms with Gasteiger partial charge in [0.25, 0.3) is 0 Å². The van der Waals surface area contributed by atoms with Gasteiger partial charge in [0.2, 0.25) is 0 Å². The Morgan fingerprint density at radius 1 is 1.47 bits per heavy atom. The van der Waals surface area contributed by atoms with Gasteiger partial charge in [-0.05, 0) is 18.2 Å². The zero-order valence-corrected chi connectivity index (χ0v) is 8.57. The monoisotopic (exact) mass is 217 g/mol. The van der Waals surface area contributed by atoms with Gasteiger partial charge in [-0.15, -0.1) is 0 Å². The molecular weight excluding hydrogens is 210 g/mol. The molecule has 0 radical (unpaired) electrons. The molecule has 0 fully saturated rings. The fraction of sp³-hybridized carbons (Fsp3) is 0.100. The quantitative estimate of drug-likeness (QED) is 0.582. The molecule has 0 bridgehead atoms. The normalized spacial score (nSPS) is 9.80. The molecule has 2 aromatic rings. The van der Waals surface area contributed by atoms with Crippen molar-refractivity contribution in [1.82, 2.24) is 9.97 Å². The van der Waals surface area contributed by atoms with Gasteiger partial charge in [0.15, 0.2) is 5.16 Å². The highest BCUT2D eigenvalue weighted by Gasteiger charge is 2.01. The van der Waals surface area contributed by atoms with E-state index >= 15 is 0 Å². The highest BCUT2D eigenvalue weighted by atomic mass is 32.2. The van der Waals surface area contributed by atoms with E-state index in [1.807, 2.05) is 18.2 Å². The summed E-state index contributed by atoms with van der Waals surface area (Å²) in [6.07, 6.45) is 3.21. The molecule has 15 heavy (non-hydrogen) atoms. The number of aromatic nitrogens is 2. The summed E-state index contributed by atoms with van der Waals surface area (Å²) in [7, 11) is 0. The van der Waals surface area contributed by atoms with Crippen molar-refractivity contribution in [2.24, 2.45) is 0 Å². The minimum atomic E-state index is 0.381. The summed E-state index contributed by atoms with van der Waals surface area (Å²) in [5.74, 6) is 1.54. The van der Waals surface area contributed by atoms with E-state index in [2.05, 4.69) is 9.97 Å². The molecule has 0 aliphatic rings. The van der Waals surface area contributed by atoms with Crippen molar-refractivity contribution in [1.29, 1.82) is 5.26 Å². The van der Waals surface area contributed by atoms with Crippen molar-refractivity contribution in [3.63, 3.8) is 0 Å². The standard InChI is InChI=1S/C10H7N3OS/c11-6-8-3-4-12-10(13-8)15-7-9-2-1-5-14-9/h1-5H,7H2. The fourth-order valence-electron chi connectivity index (χ4n) is 1.00. The van der Waals surface area contributed by atoms with Crippen LogP contribution in [0, 0.1) is 11.3 Å². The third kappa shape index (κ3) is 2.58. The second-order valence-corrected chi connectivity index (χ2v) is 3.65. The summed E-state index contributed by atoms with van der Waals surface area (Å²) < 4.78 is 5.17. The first-order valence-electron chi connectivity index (χ1n) is 4.27. The summed E-state index contributed by atoms with van der Waals surface area (Å²) in [6.45, 7) is 0. The summed E-state index contributed by atoms with van der Waals surface area (Å²) >= 11 is 1.44. The molecule has 5 heteroatoms. The van der Waals surface area contributed by atoms with Crippen LogP contribution in [0.25, 0.3) is 0 Å². The van der Waals surface area contributed by atoms with Crippen molar-refractivity contribution in [3.05, 3.63) is 42.1 Å². The van der Waals surface area contributed by atoms with E-state index in [9.17, 15) is 0 Å². The Labute approximate surface area is 91.0 Å². The van der Waals surface area contributed by atoms with Crippen molar-refractivity contribution >= 4 is 11.8 Å². The first kappa shape index (κ1) is 9.74. The maximum absolute atomic E-state index is 8.65. The van der Waals surface area contributed by atoms with Gasteiger partial charge >= 0.3 is 0 Å². The minimum Gasteiger partial charge on any atom is -0.468 e. The maximum atomic E-state index is 8.65. The Hall–Kier alpha value is -1.80. The van der Waals surface area contributed by atoms with Gasteiger partial charge < -0.3 is 4.42 Å². The SMILES string of the molecule is N#Cc1ccnc(SCc2ccco2)n1. The third-order valence-electron chi connectivity index (χ3n) is 1.67. The molecule has 2 rings (SSSR count). The van der Waals surface area contributed by atoms with Crippen LogP contribution in [0.5, 0.6) is 0 Å². The molecule has 74 valence electrons. The van der Waals surface area contributed by atoms with E-state index in [1.54, 1.807) is 18.5 Å². The molecule has 0 aliphatic carbocycles. The summed E-state index contributed by atoms with van der Waals surface area (Å²) in [5, 5.41) is 9.23. The second-order valence-electron chi connectivity index (χ2n) is 2.70. The van der Waals surface area contributed by atoms with Crippen LogP contribution in [0.1, 0.15) is 11.5 Å². The highest BCUT2D eigenvalue weighted by molar-refractivity contribution is 7.98. The van der Waals surface area contributed by atoms with Crippen LogP contribution in [0.15, 0.2) is 40.2 Å². The molecule has 2 aromatic heterocycles. The molecule has 2 heterocycles. The molecule has 0 saturated heterocycles. The van der Waals surface area contributed by atoms with Crippen LogP contribution in [0.3, 0.4) is 0 Å². The molecule has 4 nitrogen and oxygen atoms in total. The molecule has 0 aliphatic heterocycles. The number of hydrogen-bond acceptors (Lipinski definition) is 5. The lowest BCUT2D eigenvalue weighted by Gasteiger charge is -1.96. The number of rotatable bonds is 3. The Bertz CT molecular complexity index is 476. The largest absolute Gasteiger partial charge is 0.468 e. The van der Waals surface area contributed by atoms with Gasteiger partial charge in [-0.3, -0.25) is 0 Å². The molecule has 0 aromatic carbocycles. The molecule has 0 saturated carbocycles. The number of hydrogen-bond donors (Lipinski definition) is 0. The lowest BCUT2D eigenvalue weighted by Crippen LogP contribution is -1.89. The maximum Gasteiger partial charge on any atom is 0.189 e. The Balaban J connectivity index is 2.02.